The van der Waals surface area contributed by atoms with Gasteiger partial charge in [-0.25, -0.2) is 4.57 Å². The molecule has 0 aliphatic rings. The van der Waals surface area contributed by atoms with Crippen molar-refractivity contribution < 1.29 is 29.1 Å². The van der Waals surface area contributed by atoms with E-state index >= 15 is 0 Å². The Balaban J connectivity index is 3.41. The molecule has 0 aliphatic carbocycles. The molecule has 8 heteroatoms. The highest BCUT2D eigenvalue weighted by molar-refractivity contribution is 7.46. The predicted molar refractivity (Wildman–Crippen MR) is 38.8 cm³/mol. The van der Waals surface area contributed by atoms with Crippen molar-refractivity contribution in [3.8, 4) is 0 Å². The smallest absolute Gasteiger partial charge is 0.354 e. The van der Waals surface area contributed by atoms with Crippen LogP contribution in [0.3, 0.4) is 0 Å². The lowest BCUT2D eigenvalue weighted by Gasteiger charge is -2.17. The van der Waals surface area contributed by atoms with E-state index in [4.69, 9.17) is 20.0 Å². The highest BCUT2D eigenvalue weighted by Gasteiger charge is 2.16. The summed E-state index contributed by atoms with van der Waals surface area (Å²) in [6, 6.07) is 0. The van der Waals surface area contributed by atoms with Crippen LogP contribution >= 0.6 is 7.82 Å². The molecule has 74 valence electrons. The molecule has 0 spiro atoms. The predicted octanol–water partition coefficient (Wildman–Crippen LogP) is -1.66. The van der Waals surface area contributed by atoms with E-state index in [1.54, 1.807) is 0 Å². The highest BCUT2D eigenvalue weighted by Crippen LogP contribution is 2.35. The van der Waals surface area contributed by atoms with E-state index in [0.29, 0.717) is 0 Å². The first-order valence-corrected chi connectivity index (χ1v) is 4.63. The minimum absolute atomic E-state index is 0.0748. The zero-order valence-electron chi connectivity index (χ0n) is 6.47. The van der Waals surface area contributed by atoms with Crippen LogP contribution in [0.4, 0.5) is 0 Å². The topological polar surface area (TPSA) is 119 Å². The van der Waals surface area contributed by atoms with Crippen molar-refractivity contribution in [2.75, 3.05) is 13.2 Å². The van der Waals surface area contributed by atoms with E-state index in [9.17, 15) is 4.57 Å². The third-order valence-corrected chi connectivity index (χ3v) is 1.34. The Hall–Kier alpha value is -0.0100. The quantitative estimate of drug-likeness (QED) is 0.205. The van der Waals surface area contributed by atoms with Crippen molar-refractivity contribution in [3.63, 3.8) is 0 Å². The molecular formula is C4H12NO6P. The molecule has 0 unspecified atom stereocenters. The van der Waals surface area contributed by atoms with Crippen LogP contribution < -0.4 is 5.32 Å². The van der Waals surface area contributed by atoms with Crippen LogP contribution in [0.2, 0.25) is 0 Å². The number of phosphoric ester groups is 1. The van der Waals surface area contributed by atoms with Crippen molar-refractivity contribution in [3.05, 3.63) is 0 Å². The van der Waals surface area contributed by atoms with E-state index in [1.165, 1.54) is 0 Å². The molecule has 0 aromatic heterocycles. The van der Waals surface area contributed by atoms with Gasteiger partial charge >= 0.3 is 7.82 Å². The standard InChI is InChI=1S/C4H12NO6P/c1-4(6,7)5-2-3-11-12(8,9)10/h5-7H,2-3H2,1H3,(H2,8,9,10). The SMILES string of the molecule is CC(O)(O)NCCOP(=O)(O)O. The van der Waals surface area contributed by atoms with Crippen LogP contribution in [0.1, 0.15) is 6.92 Å². The molecule has 0 rings (SSSR count). The monoisotopic (exact) mass is 201 g/mol. The molecule has 0 amide bonds. The summed E-state index contributed by atoms with van der Waals surface area (Å²) >= 11 is 0. The third-order valence-electron chi connectivity index (χ3n) is 0.821. The largest absolute Gasteiger partial charge is 0.469 e. The van der Waals surface area contributed by atoms with Crippen molar-refractivity contribution in [1.82, 2.24) is 5.32 Å². The van der Waals surface area contributed by atoms with Gasteiger partial charge in [0.15, 0.2) is 0 Å². The maximum Gasteiger partial charge on any atom is 0.469 e. The number of aliphatic hydroxyl groups is 2. The van der Waals surface area contributed by atoms with Gasteiger partial charge in [0.1, 0.15) is 0 Å². The van der Waals surface area contributed by atoms with E-state index in [-0.39, 0.29) is 13.2 Å². The lowest BCUT2D eigenvalue weighted by molar-refractivity contribution is -0.170. The first-order valence-electron chi connectivity index (χ1n) is 3.10. The second kappa shape index (κ2) is 4.29. The third kappa shape index (κ3) is 9.99. The summed E-state index contributed by atoms with van der Waals surface area (Å²) in [5.74, 6) is -2.06. The van der Waals surface area contributed by atoms with E-state index in [0.717, 1.165) is 6.92 Å². The maximum absolute atomic E-state index is 10.1. The second-order valence-electron chi connectivity index (χ2n) is 2.27. The molecule has 0 fully saturated rings. The number of hydrogen-bond acceptors (Lipinski definition) is 5. The zero-order chi connectivity index (χ0) is 9.83. The Morgan fingerprint density at radius 2 is 2.00 bits per heavy atom. The molecule has 0 bridgehead atoms. The molecule has 0 atom stereocenters. The van der Waals surface area contributed by atoms with E-state index in [1.807, 2.05) is 0 Å². The van der Waals surface area contributed by atoms with Crippen LogP contribution in [0, 0.1) is 0 Å². The van der Waals surface area contributed by atoms with Crippen molar-refractivity contribution in [1.29, 1.82) is 0 Å². The van der Waals surface area contributed by atoms with Crippen molar-refractivity contribution >= 4 is 7.82 Å². The fourth-order valence-corrected chi connectivity index (χ4v) is 0.782. The van der Waals surface area contributed by atoms with Crippen LogP contribution in [0.5, 0.6) is 0 Å². The summed E-state index contributed by atoms with van der Waals surface area (Å²) in [6.07, 6.45) is 0. The number of rotatable bonds is 5. The summed E-state index contributed by atoms with van der Waals surface area (Å²) in [4.78, 5) is 16.4. The maximum atomic E-state index is 10.1. The normalized spacial score (nSPS) is 13.4. The van der Waals surface area contributed by atoms with Gasteiger partial charge in [-0.2, -0.15) is 0 Å². The van der Waals surface area contributed by atoms with Gasteiger partial charge in [0.2, 0.25) is 5.91 Å². The van der Waals surface area contributed by atoms with Gasteiger partial charge in [-0.05, 0) is 0 Å². The zero-order valence-corrected chi connectivity index (χ0v) is 7.36. The molecule has 7 nitrogen and oxygen atoms in total. The molecular weight excluding hydrogens is 189 g/mol. The summed E-state index contributed by atoms with van der Waals surface area (Å²) < 4.78 is 14.1. The number of phosphoric acid groups is 1. The van der Waals surface area contributed by atoms with Crippen molar-refractivity contribution in [2.45, 2.75) is 12.8 Å². The number of hydrogen-bond donors (Lipinski definition) is 5. The van der Waals surface area contributed by atoms with E-state index in [2.05, 4.69) is 9.84 Å². The summed E-state index contributed by atoms with van der Waals surface area (Å²) in [7, 11) is -4.45. The molecule has 0 heterocycles. The van der Waals surface area contributed by atoms with Gasteiger partial charge in [-0.15, -0.1) is 0 Å². The Labute approximate surface area is 69.2 Å². The first kappa shape index (κ1) is 12.0. The fourth-order valence-electron chi connectivity index (χ4n) is 0.452. The Morgan fingerprint density at radius 1 is 1.50 bits per heavy atom. The molecule has 0 aromatic carbocycles. The minimum Gasteiger partial charge on any atom is -0.354 e. The van der Waals surface area contributed by atoms with Crippen LogP contribution in [0.15, 0.2) is 0 Å². The van der Waals surface area contributed by atoms with Gasteiger partial charge < -0.3 is 20.0 Å². The minimum atomic E-state index is -4.45. The average molecular weight is 201 g/mol. The van der Waals surface area contributed by atoms with E-state index < -0.39 is 13.7 Å². The van der Waals surface area contributed by atoms with Gasteiger partial charge in [0.05, 0.1) is 6.61 Å². The molecule has 0 saturated carbocycles. The van der Waals surface area contributed by atoms with Crippen LogP contribution in [0.25, 0.3) is 0 Å². The summed E-state index contributed by atoms with van der Waals surface area (Å²) in [5, 5.41) is 19.4. The molecule has 12 heavy (non-hydrogen) atoms. The van der Waals surface area contributed by atoms with Gasteiger partial charge in [-0.3, -0.25) is 9.84 Å². The molecule has 0 radical (unpaired) electrons. The Kier molecular flexibility index (Phi) is 4.29. The highest BCUT2D eigenvalue weighted by atomic mass is 31.2. The molecule has 5 N–H and O–H groups in total. The van der Waals surface area contributed by atoms with Gasteiger partial charge in [0.25, 0.3) is 0 Å². The first-order chi connectivity index (χ1) is 5.21. The Morgan fingerprint density at radius 3 is 2.33 bits per heavy atom. The van der Waals surface area contributed by atoms with Crippen molar-refractivity contribution in [2.24, 2.45) is 0 Å². The average Bonchev–Trinajstić information content (AvgIpc) is 1.76. The lowest BCUT2D eigenvalue weighted by Crippen LogP contribution is -2.43. The van der Waals surface area contributed by atoms with Crippen LogP contribution in [-0.4, -0.2) is 39.1 Å². The van der Waals surface area contributed by atoms with Crippen LogP contribution in [-0.2, 0) is 9.09 Å². The lowest BCUT2D eigenvalue weighted by atomic mass is 10.5. The fraction of sp³-hybridized carbons (Fsp3) is 1.00. The summed E-state index contributed by atoms with van der Waals surface area (Å²) in [5.41, 5.74) is 0. The second-order valence-corrected chi connectivity index (χ2v) is 3.51. The molecule has 0 aliphatic heterocycles. The van der Waals surface area contributed by atoms with Gasteiger partial charge in [0, 0.05) is 13.5 Å². The molecule has 0 saturated heterocycles. The molecule has 0 aromatic rings. The summed E-state index contributed by atoms with van der Waals surface area (Å²) in [6.45, 7) is 0.695. The van der Waals surface area contributed by atoms with Gasteiger partial charge in [-0.1, -0.05) is 0 Å². The Bertz CT molecular complexity index is 171. The number of nitrogens with one attached hydrogen (secondary N) is 1.